The van der Waals surface area contributed by atoms with Crippen LogP contribution in [0.15, 0.2) is 54.6 Å². The van der Waals surface area contributed by atoms with E-state index in [9.17, 15) is 14.4 Å². The van der Waals surface area contributed by atoms with Crippen LogP contribution in [0.1, 0.15) is 35.2 Å². The zero-order chi connectivity index (χ0) is 19.3. The van der Waals surface area contributed by atoms with Gasteiger partial charge in [-0.3, -0.25) is 14.4 Å². The van der Waals surface area contributed by atoms with Crippen molar-refractivity contribution in [3.05, 3.63) is 65.7 Å². The van der Waals surface area contributed by atoms with Gasteiger partial charge in [0.25, 0.3) is 5.91 Å². The van der Waals surface area contributed by atoms with E-state index in [1.807, 2.05) is 30.3 Å². The van der Waals surface area contributed by atoms with Crippen molar-refractivity contribution in [3.8, 4) is 0 Å². The second kappa shape index (κ2) is 8.03. The highest BCUT2D eigenvalue weighted by atomic mass is 16.5. The normalized spacial score (nSPS) is 14.6. The smallest absolute Gasteiger partial charge is 0.325 e. The van der Waals surface area contributed by atoms with Gasteiger partial charge in [0.1, 0.15) is 6.54 Å². The Morgan fingerprint density at radius 3 is 2.41 bits per heavy atom. The topological polar surface area (TPSA) is 84.5 Å². The van der Waals surface area contributed by atoms with Crippen LogP contribution in [0.2, 0.25) is 0 Å². The molecule has 0 spiro atoms. The molecule has 2 aromatic rings. The van der Waals surface area contributed by atoms with Crippen molar-refractivity contribution >= 4 is 23.5 Å². The number of ether oxygens (including phenoxy) is 1. The largest absolute Gasteiger partial charge is 0.468 e. The van der Waals surface area contributed by atoms with Gasteiger partial charge in [-0.1, -0.05) is 42.8 Å². The second-order valence-corrected chi connectivity index (χ2v) is 6.60. The molecule has 0 radical (unpaired) electrons. The molecule has 2 amide bonds. The maximum absolute atomic E-state index is 13.0. The maximum Gasteiger partial charge on any atom is 0.325 e. The number of carbonyl (C=O) groups is 3. The lowest BCUT2D eigenvalue weighted by atomic mass is 9.64. The summed E-state index contributed by atoms with van der Waals surface area (Å²) >= 11 is 0. The molecule has 0 bridgehead atoms. The molecule has 2 aromatic carbocycles. The maximum atomic E-state index is 13.0. The number of carbonyl (C=O) groups excluding carboxylic acids is 3. The molecular formula is C21H22N2O4. The van der Waals surface area contributed by atoms with Crippen LogP contribution in [0, 0.1) is 0 Å². The van der Waals surface area contributed by atoms with Crippen LogP contribution in [-0.4, -0.2) is 31.4 Å². The number of anilines is 1. The number of methoxy groups -OCH3 is 1. The summed E-state index contributed by atoms with van der Waals surface area (Å²) in [7, 11) is 1.26. The quantitative estimate of drug-likeness (QED) is 0.770. The molecule has 2 N–H and O–H groups in total. The predicted molar refractivity (Wildman–Crippen MR) is 101 cm³/mol. The van der Waals surface area contributed by atoms with Gasteiger partial charge in [-0.2, -0.15) is 0 Å². The fourth-order valence-corrected chi connectivity index (χ4v) is 3.25. The van der Waals surface area contributed by atoms with Crippen molar-refractivity contribution in [2.45, 2.75) is 24.7 Å². The lowest BCUT2D eigenvalue weighted by Crippen LogP contribution is -2.46. The van der Waals surface area contributed by atoms with Crippen LogP contribution < -0.4 is 10.6 Å². The summed E-state index contributed by atoms with van der Waals surface area (Å²) in [6, 6.07) is 16.4. The summed E-state index contributed by atoms with van der Waals surface area (Å²) in [4.78, 5) is 36.3. The van der Waals surface area contributed by atoms with Crippen LogP contribution >= 0.6 is 0 Å². The number of benzene rings is 2. The number of rotatable bonds is 6. The molecule has 0 atom stereocenters. The first-order chi connectivity index (χ1) is 13.0. The fraction of sp³-hybridized carbons (Fsp3) is 0.286. The Morgan fingerprint density at radius 2 is 1.78 bits per heavy atom. The van der Waals surface area contributed by atoms with Gasteiger partial charge in [-0.15, -0.1) is 0 Å². The fourth-order valence-electron chi connectivity index (χ4n) is 3.25. The molecule has 1 fully saturated rings. The Hall–Kier alpha value is -3.15. The first kappa shape index (κ1) is 18.6. The monoisotopic (exact) mass is 366 g/mol. The van der Waals surface area contributed by atoms with E-state index in [1.54, 1.807) is 24.3 Å². The van der Waals surface area contributed by atoms with Gasteiger partial charge in [0.05, 0.1) is 12.5 Å². The average Bonchev–Trinajstić information content (AvgIpc) is 2.66. The van der Waals surface area contributed by atoms with E-state index in [1.165, 1.54) is 7.11 Å². The molecule has 6 nitrogen and oxygen atoms in total. The molecule has 140 valence electrons. The van der Waals surface area contributed by atoms with Gasteiger partial charge in [-0.05, 0) is 36.6 Å². The van der Waals surface area contributed by atoms with Gasteiger partial charge >= 0.3 is 5.97 Å². The highest BCUT2D eigenvalue weighted by molar-refractivity contribution is 6.02. The van der Waals surface area contributed by atoms with Crippen molar-refractivity contribution in [3.63, 3.8) is 0 Å². The molecule has 1 aliphatic carbocycles. The second-order valence-electron chi connectivity index (χ2n) is 6.60. The van der Waals surface area contributed by atoms with Gasteiger partial charge in [-0.25, -0.2) is 0 Å². The molecular weight excluding hydrogens is 344 g/mol. The van der Waals surface area contributed by atoms with Crippen molar-refractivity contribution in [2.75, 3.05) is 19.0 Å². The summed E-state index contributed by atoms with van der Waals surface area (Å²) < 4.78 is 4.50. The average molecular weight is 366 g/mol. The highest BCUT2D eigenvalue weighted by Gasteiger charge is 2.45. The van der Waals surface area contributed by atoms with E-state index in [2.05, 4.69) is 15.4 Å². The van der Waals surface area contributed by atoms with Gasteiger partial charge in [0, 0.05) is 11.3 Å². The number of nitrogens with one attached hydrogen (secondary N) is 2. The minimum Gasteiger partial charge on any atom is -0.468 e. The van der Waals surface area contributed by atoms with Crippen LogP contribution in [0.4, 0.5) is 5.69 Å². The Kier molecular flexibility index (Phi) is 5.54. The molecule has 1 aliphatic rings. The van der Waals surface area contributed by atoms with Gasteiger partial charge < -0.3 is 15.4 Å². The predicted octanol–water partition coefficient (Wildman–Crippen LogP) is 2.65. The van der Waals surface area contributed by atoms with Crippen LogP contribution in [0.25, 0.3) is 0 Å². The van der Waals surface area contributed by atoms with E-state index in [0.29, 0.717) is 11.3 Å². The molecule has 6 heteroatoms. The molecule has 0 heterocycles. The Balaban J connectivity index is 1.71. The number of hydrogen-bond acceptors (Lipinski definition) is 4. The SMILES string of the molecule is COC(=O)CNC(=O)c1cccc(NC(=O)C2(c3ccccc3)CCC2)c1. The number of amides is 2. The Bertz CT molecular complexity index is 844. The summed E-state index contributed by atoms with van der Waals surface area (Å²) in [6.07, 6.45) is 2.63. The van der Waals surface area contributed by atoms with Crippen molar-refractivity contribution < 1.29 is 19.1 Å². The highest BCUT2D eigenvalue weighted by Crippen LogP contribution is 2.44. The van der Waals surface area contributed by atoms with Crippen LogP contribution in [0.5, 0.6) is 0 Å². The van der Waals surface area contributed by atoms with E-state index in [0.717, 1.165) is 24.8 Å². The number of hydrogen-bond donors (Lipinski definition) is 2. The molecule has 27 heavy (non-hydrogen) atoms. The molecule has 0 unspecified atom stereocenters. The first-order valence-electron chi connectivity index (χ1n) is 8.87. The third kappa shape index (κ3) is 4.00. The van der Waals surface area contributed by atoms with E-state index < -0.39 is 17.3 Å². The molecule has 3 rings (SSSR count). The first-order valence-corrected chi connectivity index (χ1v) is 8.87. The minimum atomic E-state index is -0.525. The molecule has 0 aliphatic heterocycles. The standard InChI is InChI=1S/C21H22N2O4/c1-27-18(24)14-22-19(25)15-7-5-10-17(13-15)23-20(26)21(11-6-12-21)16-8-3-2-4-9-16/h2-5,7-10,13H,6,11-12,14H2,1H3,(H,22,25)(H,23,26). The lowest BCUT2D eigenvalue weighted by Gasteiger charge is -2.40. The van der Waals surface area contributed by atoms with E-state index >= 15 is 0 Å². The van der Waals surface area contributed by atoms with E-state index in [-0.39, 0.29) is 12.5 Å². The molecule has 0 saturated heterocycles. The summed E-state index contributed by atoms with van der Waals surface area (Å²) in [5, 5.41) is 5.43. The Labute approximate surface area is 157 Å². The van der Waals surface area contributed by atoms with E-state index in [4.69, 9.17) is 0 Å². The molecule has 1 saturated carbocycles. The van der Waals surface area contributed by atoms with Crippen molar-refractivity contribution in [1.29, 1.82) is 0 Å². The zero-order valence-corrected chi connectivity index (χ0v) is 15.2. The summed E-state index contributed by atoms with van der Waals surface area (Å²) in [5.41, 5.74) is 1.41. The van der Waals surface area contributed by atoms with Gasteiger partial charge in [0.2, 0.25) is 5.91 Å². The van der Waals surface area contributed by atoms with Crippen molar-refractivity contribution in [1.82, 2.24) is 5.32 Å². The summed E-state index contributed by atoms with van der Waals surface area (Å²) in [6.45, 7) is -0.205. The van der Waals surface area contributed by atoms with Crippen LogP contribution in [0.3, 0.4) is 0 Å². The third-order valence-electron chi connectivity index (χ3n) is 4.97. The van der Waals surface area contributed by atoms with Crippen molar-refractivity contribution in [2.24, 2.45) is 0 Å². The van der Waals surface area contributed by atoms with Gasteiger partial charge in [0.15, 0.2) is 0 Å². The third-order valence-corrected chi connectivity index (χ3v) is 4.97. The lowest BCUT2D eigenvalue weighted by molar-refractivity contribution is -0.139. The minimum absolute atomic E-state index is 0.0629. The zero-order valence-electron chi connectivity index (χ0n) is 15.2. The summed E-state index contributed by atoms with van der Waals surface area (Å²) in [5.74, 6) is -0.993. The Morgan fingerprint density at radius 1 is 1.04 bits per heavy atom. The molecule has 0 aromatic heterocycles. The van der Waals surface area contributed by atoms with Crippen LogP contribution in [-0.2, 0) is 19.7 Å². The number of esters is 1.